The van der Waals surface area contributed by atoms with E-state index >= 15 is 0 Å². The minimum atomic E-state index is 0.261. The molecule has 17 heavy (non-hydrogen) atoms. The van der Waals surface area contributed by atoms with Gasteiger partial charge in [0.1, 0.15) is 5.58 Å². The Balaban J connectivity index is 2.43. The van der Waals surface area contributed by atoms with E-state index in [2.05, 4.69) is 20.8 Å². The zero-order valence-electron chi connectivity index (χ0n) is 10.5. The first-order valence-corrected chi connectivity index (χ1v) is 6.14. The molecule has 1 aromatic heterocycles. The Morgan fingerprint density at radius 2 is 2.12 bits per heavy atom. The van der Waals surface area contributed by atoms with Gasteiger partial charge < -0.3 is 4.42 Å². The van der Waals surface area contributed by atoms with E-state index in [4.69, 9.17) is 4.42 Å². The Morgan fingerprint density at radius 3 is 2.88 bits per heavy atom. The van der Waals surface area contributed by atoms with Gasteiger partial charge in [-0.3, -0.25) is 4.79 Å². The highest BCUT2D eigenvalue weighted by Crippen LogP contribution is 2.38. The van der Waals surface area contributed by atoms with Crippen LogP contribution in [-0.4, -0.2) is 5.78 Å². The molecule has 0 saturated carbocycles. The van der Waals surface area contributed by atoms with E-state index in [1.54, 1.807) is 6.26 Å². The number of hydrogen-bond donors (Lipinski definition) is 0. The standard InChI is InChI=1S/C15H16O2/c1-8-4-5-12(16)11-6-13-15(9(2)7-17-13)10(3)14(8)11/h6-8H,4-5H2,1-3H3/t8-/m0/s1. The fraction of sp³-hybridized carbons (Fsp3) is 0.400. The third-order valence-corrected chi connectivity index (χ3v) is 3.95. The molecule has 0 unspecified atom stereocenters. The van der Waals surface area contributed by atoms with Crippen molar-refractivity contribution in [3.8, 4) is 0 Å². The van der Waals surface area contributed by atoms with E-state index in [0.717, 1.165) is 23.1 Å². The van der Waals surface area contributed by atoms with Gasteiger partial charge in [0.2, 0.25) is 0 Å². The maximum Gasteiger partial charge on any atom is 0.163 e. The van der Waals surface area contributed by atoms with Gasteiger partial charge in [-0.25, -0.2) is 0 Å². The molecule has 0 aliphatic heterocycles. The third-order valence-electron chi connectivity index (χ3n) is 3.95. The van der Waals surface area contributed by atoms with Crippen molar-refractivity contribution in [2.24, 2.45) is 0 Å². The third kappa shape index (κ3) is 1.36. The van der Waals surface area contributed by atoms with Crippen LogP contribution in [0.2, 0.25) is 0 Å². The van der Waals surface area contributed by atoms with Crippen LogP contribution in [0.25, 0.3) is 11.0 Å². The molecule has 0 bridgehead atoms. The smallest absolute Gasteiger partial charge is 0.163 e. The Kier molecular flexibility index (Phi) is 2.15. The SMILES string of the molecule is Cc1coc2cc3c(c(C)c12)[C@@H](C)CCC3=O. The average molecular weight is 228 g/mol. The van der Waals surface area contributed by atoms with Crippen molar-refractivity contribution < 1.29 is 9.21 Å². The highest BCUT2D eigenvalue weighted by atomic mass is 16.3. The number of hydrogen-bond acceptors (Lipinski definition) is 2. The predicted octanol–water partition coefficient (Wildman–Crippen LogP) is 4.13. The molecule has 0 spiro atoms. The van der Waals surface area contributed by atoms with Crippen molar-refractivity contribution in [1.29, 1.82) is 0 Å². The molecular weight excluding hydrogens is 212 g/mol. The lowest BCUT2D eigenvalue weighted by Gasteiger charge is -2.23. The van der Waals surface area contributed by atoms with Gasteiger partial charge in [0, 0.05) is 17.4 Å². The average Bonchev–Trinajstić information content (AvgIpc) is 2.66. The van der Waals surface area contributed by atoms with Crippen LogP contribution in [0, 0.1) is 13.8 Å². The van der Waals surface area contributed by atoms with Crippen LogP contribution in [0.15, 0.2) is 16.7 Å². The molecule has 2 nitrogen and oxygen atoms in total. The molecule has 1 atom stereocenters. The number of carbonyl (C=O) groups excluding carboxylic acids is 1. The van der Waals surface area contributed by atoms with E-state index in [9.17, 15) is 4.79 Å². The summed E-state index contributed by atoms with van der Waals surface area (Å²) in [5.41, 5.74) is 5.34. The second-order valence-corrected chi connectivity index (χ2v) is 5.12. The number of Topliss-reactive ketones (excluding diaryl/α,β-unsaturated/α-hetero) is 1. The summed E-state index contributed by atoms with van der Waals surface area (Å²) in [6.07, 6.45) is 3.41. The van der Waals surface area contributed by atoms with Crippen molar-refractivity contribution in [3.63, 3.8) is 0 Å². The summed E-state index contributed by atoms with van der Waals surface area (Å²) in [7, 11) is 0. The van der Waals surface area contributed by atoms with Crippen LogP contribution in [0.3, 0.4) is 0 Å². The van der Waals surface area contributed by atoms with E-state index in [-0.39, 0.29) is 5.78 Å². The molecule has 1 heterocycles. The minimum absolute atomic E-state index is 0.261. The number of aryl methyl sites for hydroxylation is 2. The molecule has 0 saturated heterocycles. The topological polar surface area (TPSA) is 30.2 Å². The number of carbonyl (C=O) groups is 1. The molecule has 1 aliphatic rings. The van der Waals surface area contributed by atoms with Gasteiger partial charge >= 0.3 is 0 Å². The largest absolute Gasteiger partial charge is 0.464 e. The Hall–Kier alpha value is -1.57. The summed E-state index contributed by atoms with van der Waals surface area (Å²) in [5.74, 6) is 0.735. The van der Waals surface area contributed by atoms with Gasteiger partial charge in [-0.15, -0.1) is 0 Å². The Bertz CT molecular complexity index is 619. The fourth-order valence-electron chi connectivity index (χ4n) is 3.09. The first kappa shape index (κ1) is 10.6. The van der Waals surface area contributed by atoms with Crippen molar-refractivity contribution in [1.82, 2.24) is 0 Å². The van der Waals surface area contributed by atoms with Crippen LogP contribution in [0.5, 0.6) is 0 Å². The second kappa shape index (κ2) is 3.46. The lowest BCUT2D eigenvalue weighted by Crippen LogP contribution is -2.15. The predicted molar refractivity (Wildman–Crippen MR) is 67.7 cm³/mol. The summed E-state index contributed by atoms with van der Waals surface area (Å²) in [6.45, 7) is 6.37. The monoisotopic (exact) mass is 228 g/mol. The minimum Gasteiger partial charge on any atom is -0.464 e. The van der Waals surface area contributed by atoms with Gasteiger partial charge in [0.25, 0.3) is 0 Å². The van der Waals surface area contributed by atoms with E-state index in [0.29, 0.717) is 12.3 Å². The van der Waals surface area contributed by atoms with Gasteiger partial charge in [-0.2, -0.15) is 0 Å². The van der Waals surface area contributed by atoms with E-state index < -0.39 is 0 Å². The summed E-state index contributed by atoms with van der Waals surface area (Å²) >= 11 is 0. The number of rotatable bonds is 0. The highest BCUT2D eigenvalue weighted by molar-refractivity contribution is 6.03. The summed E-state index contributed by atoms with van der Waals surface area (Å²) in [5, 5.41) is 1.19. The number of ketones is 1. The molecule has 0 radical (unpaired) electrons. The van der Waals surface area contributed by atoms with Gasteiger partial charge in [-0.1, -0.05) is 6.92 Å². The molecule has 0 N–H and O–H groups in total. The molecule has 0 amide bonds. The van der Waals surface area contributed by atoms with Crippen LogP contribution in [-0.2, 0) is 0 Å². The molecule has 88 valence electrons. The number of furan rings is 1. The lowest BCUT2D eigenvalue weighted by atomic mass is 9.79. The molecule has 2 heteroatoms. The number of benzene rings is 1. The van der Waals surface area contributed by atoms with Crippen molar-refractivity contribution in [3.05, 3.63) is 34.6 Å². The van der Waals surface area contributed by atoms with Gasteiger partial charge in [0.05, 0.1) is 6.26 Å². The van der Waals surface area contributed by atoms with Crippen LogP contribution in [0.1, 0.15) is 52.7 Å². The Morgan fingerprint density at radius 1 is 1.35 bits per heavy atom. The zero-order valence-corrected chi connectivity index (χ0v) is 10.5. The second-order valence-electron chi connectivity index (χ2n) is 5.12. The first-order chi connectivity index (χ1) is 8.09. The van der Waals surface area contributed by atoms with Crippen molar-refractivity contribution in [2.75, 3.05) is 0 Å². The summed E-state index contributed by atoms with van der Waals surface area (Å²) < 4.78 is 5.53. The molecule has 3 rings (SSSR count). The summed E-state index contributed by atoms with van der Waals surface area (Å²) in [4.78, 5) is 12.0. The molecule has 0 fully saturated rings. The van der Waals surface area contributed by atoms with Gasteiger partial charge in [0.15, 0.2) is 5.78 Å². The maximum absolute atomic E-state index is 12.0. The quantitative estimate of drug-likeness (QED) is 0.678. The fourth-order valence-corrected chi connectivity index (χ4v) is 3.09. The summed E-state index contributed by atoms with van der Waals surface area (Å²) in [6, 6.07) is 1.93. The lowest BCUT2D eigenvalue weighted by molar-refractivity contribution is 0.0968. The number of fused-ring (bicyclic) bond motifs is 2. The van der Waals surface area contributed by atoms with Gasteiger partial charge in [-0.05, 0) is 48.9 Å². The van der Waals surface area contributed by atoms with Crippen LogP contribution < -0.4 is 0 Å². The normalized spacial score (nSPS) is 19.7. The highest BCUT2D eigenvalue weighted by Gasteiger charge is 2.26. The molecular formula is C15H16O2. The van der Waals surface area contributed by atoms with E-state index in [1.165, 1.54) is 16.5 Å². The van der Waals surface area contributed by atoms with Crippen LogP contribution >= 0.6 is 0 Å². The van der Waals surface area contributed by atoms with Crippen molar-refractivity contribution >= 4 is 16.8 Å². The molecule has 1 aromatic carbocycles. The first-order valence-electron chi connectivity index (χ1n) is 6.14. The van der Waals surface area contributed by atoms with E-state index in [1.807, 2.05) is 6.07 Å². The molecule has 2 aromatic rings. The Labute approximate surface area is 101 Å². The molecule has 1 aliphatic carbocycles. The van der Waals surface area contributed by atoms with Crippen LogP contribution in [0.4, 0.5) is 0 Å². The zero-order chi connectivity index (χ0) is 12.2. The van der Waals surface area contributed by atoms with Crippen molar-refractivity contribution in [2.45, 2.75) is 39.5 Å². The maximum atomic E-state index is 12.0.